The van der Waals surface area contributed by atoms with Gasteiger partial charge < -0.3 is 15.1 Å². The van der Waals surface area contributed by atoms with Crippen molar-refractivity contribution in [1.82, 2.24) is 14.5 Å². The number of nitrogens with one attached hydrogen (secondary N) is 1. The van der Waals surface area contributed by atoms with E-state index >= 15 is 0 Å². The zero-order valence-electron chi connectivity index (χ0n) is 16.1. The van der Waals surface area contributed by atoms with Crippen LogP contribution in [0.15, 0.2) is 53.6 Å². The number of carbonyl (C=O) groups is 1. The number of anilines is 2. The molecule has 2 heterocycles. The summed E-state index contributed by atoms with van der Waals surface area (Å²) in [5.41, 5.74) is 1.72. The predicted molar refractivity (Wildman–Crippen MR) is 111 cm³/mol. The molecule has 1 N–H and O–H groups in total. The van der Waals surface area contributed by atoms with E-state index in [1.54, 1.807) is 0 Å². The summed E-state index contributed by atoms with van der Waals surface area (Å²) in [5.74, 6) is -0.865. The van der Waals surface area contributed by atoms with E-state index in [9.17, 15) is 14.0 Å². The first-order valence-corrected chi connectivity index (χ1v) is 9.48. The quantitative estimate of drug-likeness (QED) is 0.731. The van der Waals surface area contributed by atoms with Crippen LogP contribution in [0.2, 0.25) is 0 Å². The average molecular weight is 395 g/mol. The number of likely N-dealkylation sites (N-methyl/N-ethyl adjacent to an activating group) is 1. The minimum atomic E-state index is -0.515. The maximum Gasteiger partial charge on any atom is 0.261 e. The van der Waals surface area contributed by atoms with Gasteiger partial charge in [0.15, 0.2) is 0 Å². The van der Waals surface area contributed by atoms with Crippen molar-refractivity contribution in [3.05, 3.63) is 65.0 Å². The van der Waals surface area contributed by atoms with Gasteiger partial charge in [0.05, 0.1) is 17.2 Å². The summed E-state index contributed by atoms with van der Waals surface area (Å²) < 4.78 is 14.6. The van der Waals surface area contributed by atoms with E-state index in [-0.39, 0.29) is 17.8 Å². The van der Waals surface area contributed by atoms with E-state index < -0.39 is 11.4 Å². The second-order valence-corrected chi connectivity index (χ2v) is 7.22. The lowest BCUT2D eigenvalue weighted by atomic mass is 10.2. The summed E-state index contributed by atoms with van der Waals surface area (Å²) in [6.07, 6.45) is 1.30. The largest absolute Gasteiger partial charge is 0.369 e. The normalized spacial score (nSPS) is 14.9. The van der Waals surface area contributed by atoms with Crippen LogP contribution in [-0.2, 0) is 11.3 Å². The Labute approximate surface area is 167 Å². The number of nitrogens with zero attached hydrogens (tertiary/aromatic N) is 4. The minimum absolute atomic E-state index is 0.150. The average Bonchev–Trinajstić information content (AvgIpc) is 2.72. The van der Waals surface area contributed by atoms with Crippen LogP contribution in [0.4, 0.5) is 15.8 Å². The topological polar surface area (TPSA) is 70.5 Å². The molecule has 0 spiro atoms. The molecule has 1 fully saturated rings. The van der Waals surface area contributed by atoms with Crippen LogP contribution in [-0.4, -0.2) is 53.6 Å². The van der Waals surface area contributed by atoms with Gasteiger partial charge in [-0.15, -0.1) is 0 Å². The van der Waals surface area contributed by atoms with Gasteiger partial charge in [0.2, 0.25) is 5.91 Å². The summed E-state index contributed by atoms with van der Waals surface area (Å²) >= 11 is 0. The Bertz CT molecular complexity index is 1090. The van der Waals surface area contributed by atoms with Gasteiger partial charge in [-0.2, -0.15) is 0 Å². The number of amides is 1. The maximum atomic E-state index is 13.4. The maximum absolute atomic E-state index is 13.4. The van der Waals surface area contributed by atoms with Crippen molar-refractivity contribution in [3.63, 3.8) is 0 Å². The second kappa shape index (κ2) is 8.00. The molecular formula is C21H22FN5O2. The molecule has 1 saturated heterocycles. The molecule has 4 rings (SSSR count). The monoisotopic (exact) mass is 395 g/mol. The fourth-order valence-corrected chi connectivity index (χ4v) is 3.42. The number of benzene rings is 2. The molecule has 1 aliphatic rings. The third-order valence-electron chi connectivity index (χ3n) is 5.12. The number of halogens is 1. The van der Waals surface area contributed by atoms with Crippen LogP contribution in [0.25, 0.3) is 10.9 Å². The smallest absolute Gasteiger partial charge is 0.261 e. The van der Waals surface area contributed by atoms with Crippen LogP contribution in [0.1, 0.15) is 0 Å². The Morgan fingerprint density at radius 1 is 1.10 bits per heavy atom. The Kier molecular flexibility index (Phi) is 5.26. The third kappa shape index (κ3) is 4.27. The first-order chi connectivity index (χ1) is 14.0. The van der Waals surface area contributed by atoms with Gasteiger partial charge in [-0.05, 0) is 49.5 Å². The van der Waals surface area contributed by atoms with Gasteiger partial charge in [-0.3, -0.25) is 14.2 Å². The van der Waals surface area contributed by atoms with Crippen LogP contribution in [0, 0.1) is 5.82 Å². The highest BCUT2D eigenvalue weighted by Gasteiger charge is 2.14. The molecule has 0 saturated carbocycles. The van der Waals surface area contributed by atoms with Crippen LogP contribution in [0.5, 0.6) is 0 Å². The van der Waals surface area contributed by atoms with E-state index in [1.165, 1.54) is 23.0 Å². The zero-order chi connectivity index (χ0) is 20.4. The fraction of sp³-hybridized carbons (Fsp3) is 0.286. The van der Waals surface area contributed by atoms with Crippen molar-refractivity contribution >= 4 is 28.2 Å². The van der Waals surface area contributed by atoms with Crippen molar-refractivity contribution in [2.45, 2.75) is 6.54 Å². The van der Waals surface area contributed by atoms with E-state index in [4.69, 9.17) is 0 Å². The molecule has 1 amide bonds. The molecular weight excluding hydrogens is 373 g/mol. The molecule has 0 bridgehead atoms. The van der Waals surface area contributed by atoms with Crippen molar-refractivity contribution in [2.24, 2.45) is 0 Å². The second-order valence-electron chi connectivity index (χ2n) is 7.22. The van der Waals surface area contributed by atoms with E-state index in [0.717, 1.165) is 37.9 Å². The Hall–Kier alpha value is -3.26. The molecule has 2 aromatic carbocycles. The molecule has 1 aromatic heterocycles. The molecule has 29 heavy (non-hydrogen) atoms. The lowest BCUT2D eigenvalue weighted by Gasteiger charge is -2.34. The number of aromatic nitrogens is 2. The highest BCUT2D eigenvalue weighted by molar-refractivity contribution is 5.91. The summed E-state index contributed by atoms with van der Waals surface area (Å²) in [6.45, 7) is 3.80. The fourth-order valence-electron chi connectivity index (χ4n) is 3.42. The van der Waals surface area contributed by atoms with Gasteiger partial charge in [-0.1, -0.05) is 0 Å². The van der Waals surface area contributed by atoms with Crippen LogP contribution >= 0.6 is 0 Å². The van der Waals surface area contributed by atoms with Crippen molar-refractivity contribution in [2.75, 3.05) is 43.4 Å². The summed E-state index contributed by atoms with van der Waals surface area (Å²) in [7, 11) is 2.11. The van der Waals surface area contributed by atoms with Gasteiger partial charge in [0.1, 0.15) is 12.4 Å². The Balaban J connectivity index is 1.43. The number of fused-ring (bicyclic) bond motifs is 1. The number of piperazine rings is 1. The first-order valence-electron chi connectivity index (χ1n) is 9.48. The van der Waals surface area contributed by atoms with Gasteiger partial charge in [0, 0.05) is 37.6 Å². The van der Waals surface area contributed by atoms with Gasteiger partial charge >= 0.3 is 0 Å². The summed E-state index contributed by atoms with van der Waals surface area (Å²) in [5, 5.41) is 2.94. The van der Waals surface area contributed by atoms with Crippen molar-refractivity contribution < 1.29 is 9.18 Å². The van der Waals surface area contributed by atoms with Gasteiger partial charge in [-0.25, -0.2) is 9.37 Å². The van der Waals surface area contributed by atoms with Crippen molar-refractivity contribution in [3.8, 4) is 0 Å². The third-order valence-corrected chi connectivity index (χ3v) is 5.12. The van der Waals surface area contributed by atoms with E-state index in [1.807, 2.05) is 24.3 Å². The standard InChI is InChI=1S/C21H22FN5O2/c1-25-8-10-26(11-9-25)17-5-3-16(4-6-17)24-20(28)13-27-14-23-19-7-2-15(22)12-18(19)21(27)29/h2-7,12,14H,8-11,13H2,1H3,(H,24,28). The minimum Gasteiger partial charge on any atom is -0.369 e. The molecule has 7 nitrogen and oxygen atoms in total. The zero-order valence-corrected chi connectivity index (χ0v) is 16.1. The molecule has 0 atom stereocenters. The highest BCUT2D eigenvalue weighted by atomic mass is 19.1. The number of rotatable bonds is 4. The van der Waals surface area contributed by atoms with Crippen molar-refractivity contribution in [1.29, 1.82) is 0 Å². The van der Waals surface area contributed by atoms with E-state index in [2.05, 4.69) is 27.1 Å². The molecule has 0 radical (unpaired) electrons. The number of hydrogen-bond acceptors (Lipinski definition) is 5. The number of carbonyl (C=O) groups excluding carboxylic acids is 1. The van der Waals surface area contributed by atoms with Crippen LogP contribution < -0.4 is 15.8 Å². The molecule has 8 heteroatoms. The number of hydrogen-bond donors (Lipinski definition) is 1. The molecule has 0 unspecified atom stereocenters. The SMILES string of the molecule is CN1CCN(c2ccc(NC(=O)Cn3cnc4ccc(F)cc4c3=O)cc2)CC1. The molecule has 150 valence electrons. The molecule has 1 aliphatic heterocycles. The molecule has 3 aromatic rings. The predicted octanol–water partition coefficient (Wildman–Crippen LogP) is 1.93. The Morgan fingerprint density at radius 2 is 1.83 bits per heavy atom. The first kappa shape index (κ1) is 19.1. The van der Waals surface area contributed by atoms with E-state index in [0.29, 0.717) is 11.2 Å². The highest BCUT2D eigenvalue weighted by Crippen LogP contribution is 2.19. The Morgan fingerprint density at radius 3 is 2.55 bits per heavy atom. The van der Waals surface area contributed by atoms with Gasteiger partial charge in [0.25, 0.3) is 5.56 Å². The lowest BCUT2D eigenvalue weighted by molar-refractivity contribution is -0.116. The lowest BCUT2D eigenvalue weighted by Crippen LogP contribution is -2.44. The summed E-state index contributed by atoms with van der Waals surface area (Å²) in [4.78, 5) is 33.6. The summed E-state index contributed by atoms with van der Waals surface area (Å²) in [6, 6.07) is 11.5. The van der Waals surface area contributed by atoms with Crippen LogP contribution in [0.3, 0.4) is 0 Å². The molecule has 0 aliphatic carbocycles.